The lowest BCUT2D eigenvalue weighted by atomic mass is 10.0. The quantitative estimate of drug-likeness (QED) is 0.476. The molecule has 1 aromatic heterocycles. The highest BCUT2D eigenvalue weighted by Crippen LogP contribution is 2.38. The minimum Gasteiger partial charge on any atom is -0.444 e. The van der Waals surface area contributed by atoms with Crippen LogP contribution in [-0.4, -0.2) is 15.2 Å². The molecule has 0 spiro atoms. The average molecular weight is 403 g/mol. The van der Waals surface area contributed by atoms with Gasteiger partial charge in [0.25, 0.3) is 0 Å². The van der Waals surface area contributed by atoms with Gasteiger partial charge in [-0.25, -0.2) is 4.98 Å². The lowest BCUT2D eigenvalue weighted by Gasteiger charge is -2.13. The van der Waals surface area contributed by atoms with Crippen molar-refractivity contribution in [1.29, 1.82) is 0 Å². The number of aliphatic hydroxyl groups excluding tert-OH is 1. The number of benzene rings is 2. The summed E-state index contributed by atoms with van der Waals surface area (Å²) in [5.74, 6) is -0.108. The first kappa shape index (κ1) is 19.9. The van der Waals surface area contributed by atoms with E-state index in [4.69, 9.17) is 4.42 Å². The lowest BCUT2D eigenvalue weighted by molar-refractivity contribution is -0.143. The Morgan fingerprint density at radius 1 is 0.821 bits per heavy atom. The molecule has 4 nitrogen and oxygen atoms in total. The Hall–Kier alpha value is -2.85. The van der Waals surface area contributed by atoms with E-state index < -0.39 is 35.3 Å². The summed E-state index contributed by atoms with van der Waals surface area (Å²) >= 11 is 0. The van der Waals surface area contributed by atoms with E-state index in [1.165, 1.54) is 24.3 Å². The van der Waals surface area contributed by atoms with Gasteiger partial charge in [-0.15, -0.1) is 0 Å². The second-order valence-electron chi connectivity index (χ2n) is 5.83. The number of hydrogen-bond donors (Lipinski definition) is 2. The number of nitrogens with zero attached hydrogens (tertiary/aromatic N) is 1. The molecule has 0 aliphatic heterocycles. The second-order valence-corrected chi connectivity index (χ2v) is 5.83. The van der Waals surface area contributed by atoms with Gasteiger partial charge in [0.05, 0.1) is 11.1 Å². The predicted octanol–water partition coefficient (Wildman–Crippen LogP) is 5.03. The molecule has 2 N–H and O–H groups in total. The Balaban J connectivity index is 2.07. The molecule has 0 bridgehead atoms. The molecule has 0 saturated carbocycles. The molecule has 0 aliphatic carbocycles. The minimum absolute atomic E-state index is 0.0244. The fourth-order valence-electron chi connectivity index (χ4n) is 2.47. The van der Waals surface area contributed by atoms with Crippen molar-refractivity contribution >= 4 is 0 Å². The third kappa shape index (κ3) is 4.18. The Morgan fingerprint density at radius 3 is 1.96 bits per heavy atom. The van der Waals surface area contributed by atoms with Crippen LogP contribution >= 0.6 is 0 Å². The average Bonchev–Trinajstić information content (AvgIpc) is 3.10. The zero-order valence-corrected chi connectivity index (χ0v) is 13.7. The summed E-state index contributed by atoms with van der Waals surface area (Å²) in [7, 11) is 0. The fourth-order valence-corrected chi connectivity index (χ4v) is 2.47. The molecular weight excluding hydrogens is 392 g/mol. The fraction of sp³-hybridized carbons (Fsp3) is 0.167. The Morgan fingerprint density at radius 2 is 1.43 bits per heavy atom. The number of aromatic nitrogens is 1. The zero-order chi connectivity index (χ0) is 20.7. The summed E-state index contributed by atoms with van der Waals surface area (Å²) in [5.41, 5.74) is -3.22. The van der Waals surface area contributed by atoms with Gasteiger partial charge in [-0.2, -0.15) is 26.3 Å². The number of aliphatic hydroxyl groups is 2. The molecule has 0 aliphatic rings. The summed E-state index contributed by atoms with van der Waals surface area (Å²) in [4.78, 5) is 3.93. The largest absolute Gasteiger partial charge is 0.444 e. The van der Waals surface area contributed by atoms with Crippen LogP contribution in [0.15, 0.2) is 53.1 Å². The summed E-state index contributed by atoms with van der Waals surface area (Å²) in [5, 5.41) is 18.4. The molecule has 2 aromatic carbocycles. The van der Waals surface area contributed by atoms with Gasteiger partial charge >= 0.3 is 12.4 Å². The molecule has 10 heteroatoms. The smallest absolute Gasteiger partial charge is 0.416 e. The molecule has 0 atom stereocenters. The van der Waals surface area contributed by atoms with Crippen LogP contribution in [0.3, 0.4) is 0 Å². The molecule has 28 heavy (non-hydrogen) atoms. The van der Waals surface area contributed by atoms with E-state index in [9.17, 15) is 36.6 Å². The highest BCUT2D eigenvalue weighted by molar-refractivity contribution is 5.65. The molecule has 148 valence electrons. The first-order valence-electron chi connectivity index (χ1n) is 7.67. The van der Waals surface area contributed by atoms with Gasteiger partial charge in [0.2, 0.25) is 5.89 Å². The van der Waals surface area contributed by atoms with Crippen molar-refractivity contribution in [3.63, 3.8) is 0 Å². The molecule has 1 heterocycles. The number of halogens is 6. The lowest BCUT2D eigenvalue weighted by Crippen LogP contribution is -2.11. The van der Waals surface area contributed by atoms with Gasteiger partial charge in [-0.3, -0.25) is 0 Å². The van der Waals surface area contributed by atoms with Crippen LogP contribution in [0.2, 0.25) is 0 Å². The number of alkyl halides is 6. The summed E-state index contributed by atoms with van der Waals surface area (Å²) in [6.07, 6.45) is -10.8. The number of hydrogen-bond acceptors (Lipinski definition) is 4. The van der Waals surface area contributed by atoms with Gasteiger partial charge in [0.15, 0.2) is 6.29 Å². The molecule has 3 aromatic rings. The van der Waals surface area contributed by atoms with Crippen molar-refractivity contribution in [3.05, 3.63) is 65.4 Å². The van der Waals surface area contributed by atoms with Crippen molar-refractivity contribution < 1.29 is 41.0 Å². The van der Waals surface area contributed by atoms with E-state index in [1.807, 2.05) is 0 Å². The molecular formula is C18H11F6NO3. The first-order valence-corrected chi connectivity index (χ1v) is 7.67. The SMILES string of the molecule is OC(O)c1cccc(-c2nc(-c3cc(C(F)(F)F)cc(C(F)(F)F)c3)co2)c1. The number of rotatable bonds is 3. The van der Waals surface area contributed by atoms with E-state index in [2.05, 4.69) is 4.98 Å². The molecule has 0 radical (unpaired) electrons. The third-order valence-corrected chi connectivity index (χ3v) is 3.82. The molecule has 0 fully saturated rings. The second kappa shape index (κ2) is 6.95. The van der Waals surface area contributed by atoms with E-state index >= 15 is 0 Å². The van der Waals surface area contributed by atoms with Gasteiger partial charge < -0.3 is 14.6 Å². The van der Waals surface area contributed by atoms with Crippen LogP contribution in [0, 0.1) is 0 Å². The van der Waals surface area contributed by atoms with Crippen LogP contribution in [0.25, 0.3) is 22.7 Å². The standard InChI is InChI=1S/C18H11F6NO3/c19-17(20,21)12-5-11(6-13(7-12)18(22,23)24)14-8-28-15(25-14)9-2-1-3-10(4-9)16(26)27/h1-8,16,26-27H. The van der Waals surface area contributed by atoms with E-state index in [1.54, 1.807) is 0 Å². The maximum absolute atomic E-state index is 13.0. The van der Waals surface area contributed by atoms with Crippen LogP contribution in [0.5, 0.6) is 0 Å². The highest BCUT2D eigenvalue weighted by atomic mass is 19.4. The van der Waals surface area contributed by atoms with Gasteiger partial charge in [0, 0.05) is 16.7 Å². The van der Waals surface area contributed by atoms with Crippen LogP contribution in [0.1, 0.15) is 23.0 Å². The maximum atomic E-state index is 13.0. The van der Waals surface area contributed by atoms with Gasteiger partial charge in [-0.1, -0.05) is 12.1 Å². The van der Waals surface area contributed by atoms with E-state index in [-0.39, 0.29) is 28.8 Å². The monoisotopic (exact) mass is 403 g/mol. The minimum atomic E-state index is -4.98. The number of oxazole rings is 1. The van der Waals surface area contributed by atoms with Crippen molar-refractivity contribution in [2.45, 2.75) is 18.6 Å². The van der Waals surface area contributed by atoms with Gasteiger partial charge in [-0.05, 0) is 30.3 Å². The topological polar surface area (TPSA) is 66.5 Å². The summed E-state index contributed by atoms with van der Waals surface area (Å²) < 4.78 is 83.1. The highest BCUT2D eigenvalue weighted by Gasteiger charge is 2.37. The van der Waals surface area contributed by atoms with Crippen molar-refractivity contribution in [1.82, 2.24) is 4.98 Å². The normalized spacial score (nSPS) is 12.6. The molecule has 0 amide bonds. The van der Waals surface area contributed by atoms with Crippen LogP contribution in [0.4, 0.5) is 26.3 Å². The van der Waals surface area contributed by atoms with E-state index in [0.717, 1.165) is 6.26 Å². The molecule has 0 unspecified atom stereocenters. The Labute approximate surface area is 153 Å². The van der Waals surface area contributed by atoms with E-state index in [0.29, 0.717) is 12.1 Å². The Kier molecular flexibility index (Phi) is 4.94. The molecule has 0 saturated heterocycles. The molecule has 3 rings (SSSR count). The van der Waals surface area contributed by atoms with Crippen molar-refractivity contribution in [2.75, 3.05) is 0 Å². The third-order valence-electron chi connectivity index (χ3n) is 3.82. The van der Waals surface area contributed by atoms with Crippen molar-refractivity contribution in [3.8, 4) is 22.7 Å². The summed E-state index contributed by atoms with van der Waals surface area (Å²) in [6, 6.07) is 6.77. The maximum Gasteiger partial charge on any atom is 0.416 e. The Bertz CT molecular complexity index is 959. The van der Waals surface area contributed by atoms with Gasteiger partial charge in [0.1, 0.15) is 12.0 Å². The summed E-state index contributed by atoms with van der Waals surface area (Å²) in [6.45, 7) is 0. The van der Waals surface area contributed by atoms with Crippen LogP contribution in [-0.2, 0) is 12.4 Å². The predicted molar refractivity (Wildman–Crippen MR) is 84.6 cm³/mol. The van der Waals surface area contributed by atoms with Crippen molar-refractivity contribution in [2.24, 2.45) is 0 Å². The van der Waals surface area contributed by atoms with Crippen LogP contribution < -0.4 is 0 Å². The first-order chi connectivity index (χ1) is 12.9. The zero-order valence-electron chi connectivity index (χ0n) is 13.7.